The van der Waals surface area contributed by atoms with E-state index in [1.807, 2.05) is 0 Å². The fraction of sp³-hybridized carbons (Fsp3) is 0.333. The monoisotopic (exact) mass is 209 g/mol. The molecular formula is C9H14B2FNO2. The van der Waals surface area contributed by atoms with Gasteiger partial charge < -0.3 is 19.7 Å². The van der Waals surface area contributed by atoms with Crippen molar-refractivity contribution in [1.82, 2.24) is 5.32 Å². The minimum Gasteiger partial charge on any atom is -0.423 e. The summed E-state index contributed by atoms with van der Waals surface area (Å²) in [5.41, 5.74) is 1.41. The van der Waals surface area contributed by atoms with Crippen molar-refractivity contribution in [3.05, 3.63) is 29.8 Å². The highest BCUT2D eigenvalue weighted by molar-refractivity contribution is 6.58. The smallest absolute Gasteiger partial charge is 0.423 e. The van der Waals surface area contributed by atoms with Gasteiger partial charge in [0.05, 0.1) is 0 Å². The molecule has 15 heavy (non-hydrogen) atoms. The van der Waals surface area contributed by atoms with E-state index in [2.05, 4.69) is 5.32 Å². The van der Waals surface area contributed by atoms with Crippen LogP contribution < -0.4 is 10.8 Å². The molecule has 3 N–H and O–H groups in total. The van der Waals surface area contributed by atoms with Gasteiger partial charge in [-0.15, -0.1) is 0 Å². The van der Waals surface area contributed by atoms with E-state index in [9.17, 15) is 4.32 Å². The van der Waals surface area contributed by atoms with Gasteiger partial charge in [-0.2, -0.15) is 0 Å². The van der Waals surface area contributed by atoms with Crippen molar-refractivity contribution in [2.45, 2.75) is 12.4 Å². The first-order chi connectivity index (χ1) is 7.17. The van der Waals surface area contributed by atoms with Gasteiger partial charge in [0.2, 0.25) is 0 Å². The molecule has 6 heteroatoms. The van der Waals surface area contributed by atoms with Crippen LogP contribution in [0.3, 0.4) is 0 Å². The highest BCUT2D eigenvalue weighted by Crippen LogP contribution is 2.01. The molecule has 0 saturated heterocycles. The fourth-order valence-corrected chi connectivity index (χ4v) is 1.34. The van der Waals surface area contributed by atoms with E-state index >= 15 is 0 Å². The largest absolute Gasteiger partial charge is 0.488 e. The first kappa shape index (κ1) is 12.2. The minimum atomic E-state index is -1.44. The van der Waals surface area contributed by atoms with Crippen LogP contribution in [0.5, 0.6) is 0 Å². The van der Waals surface area contributed by atoms with Gasteiger partial charge in [0, 0.05) is 5.94 Å². The van der Waals surface area contributed by atoms with Crippen molar-refractivity contribution < 1.29 is 14.4 Å². The quantitative estimate of drug-likeness (QED) is 0.532. The van der Waals surface area contributed by atoms with Gasteiger partial charge in [-0.1, -0.05) is 24.3 Å². The van der Waals surface area contributed by atoms with Crippen LogP contribution >= 0.6 is 0 Å². The SMILES string of the molecule is CN[C@@H](BF)Cc1ccc(B(O)O)cc1. The lowest BCUT2D eigenvalue weighted by atomic mass is 9.79. The van der Waals surface area contributed by atoms with E-state index in [1.54, 1.807) is 31.3 Å². The standard InChI is InChI=1S/C9H14B2FNO2/c1-13-9(10-12)6-7-2-4-8(5-3-7)11(14)15/h2-5,9-10,13-15H,6H2,1H3/t9-/m1/s1. The number of nitrogens with one attached hydrogen (secondary N) is 1. The third-order valence-corrected chi connectivity index (χ3v) is 2.35. The number of hydrogen-bond donors (Lipinski definition) is 3. The molecule has 0 aliphatic rings. The summed E-state index contributed by atoms with van der Waals surface area (Å²) in [6.45, 7) is 0. The molecule has 0 saturated carbocycles. The Balaban J connectivity index is 2.63. The number of hydrogen-bond acceptors (Lipinski definition) is 3. The number of halogens is 1. The van der Waals surface area contributed by atoms with E-state index in [-0.39, 0.29) is 5.94 Å². The molecule has 0 spiro atoms. The number of rotatable bonds is 5. The summed E-state index contributed by atoms with van der Waals surface area (Å²) in [4.78, 5) is 0. The Labute approximate surface area is 89.8 Å². The summed E-state index contributed by atoms with van der Waals surface area (Å²) in [6, 6.07) is 6.81. The van der Waals surface area contributed by atoms with E-state index in [0.717, 1.165) is 5.56 Å². The predicted molar refractivity (Wildman–Crippen MR) is 61.1 cm³/mol. The Kier molecular flexibility index (Phi) is 4.81. The van der Waals surface area contributed by atoms with Crippen molar-refractivity contribution in [1.29, 1.82) is 0 Å². The van der Waals surface area contributed by atoms with Crippen LogP contribution in [0.25, 0.3) is 0 Å². The molecule has 0 radical (unpaired) electrons. The molecule has 1 atom stereocenters. The normalized spacial score (nSPS) is 12.3. The second kappa shape index (κ2) is 5.90. The molecular weight excluding hydrogens is 195 g/mol. The second-order valence-corrected chi connectivity index (χ2v) is 3.46. The van der Waals surface area contributed by atoms with Gasteiger partial charge in [-0.25, -0.2) is 0 Å². The average Bonchev–Trinajstić information content (AvgIpc) is 2.26. The van der Waals surface area contributed by atoms with E-state index in [0.29, 0.717) is 11.9 Å². The Morgan fingerprint density at radius 2 is 2.00 bits per heavy atom. The van der Waals surface area contributed by atoms with Gasteiger partial charge in [0.25, 0.3) is 0 Å². The molecule has 0 aromatic heterocycles. The third-order valence-electron chi connectivity index (χ3n) is 2.35. The molecule has 0 aliphatic carbocycles. The lowest BCUT2D eigenvalue weighted by molar-refractivity contribution is 0.426. The zero-order valence-corrected chi connectivity index (χ0v) is 8.65. The van der Waals surface area contributed by atoms with Crippen molar-refractivity contribution in [2.75, 3.05) is 7.05 Å². The van der Waals surface area contributed by atoms with Crippen molar-refractivity contribution in [3.63, 3.8) is 0 Å². The fourth-order valence-electron chi connectivity index (χ4n) is 1.34. The molecule has 0 unspecified atom stereocenters. The molecule has 1 aromatic rings. The Morgan fingerprint density at radius 3 is 2.40 bits per heavy atom. The predicted octanol–water partition coefficient (Wildman–Crippen LogP) is -1.22. The molecule has 0 amide bonds. The summed E-state index contributed by atoms with van der Waals surface area (Å²) in [6.07, 6.45) is 0.592. The van der Waals surface area contributed by atoms with Crippen LogP contribution in [0.4, 0.5) is 4.32 Å². The summed E-state index contributed by atoms with van der Waals surface area (Å²) in [5.74, 6) is -0.185. The lowest BCUT2D eigenvalue weighted by Gasteiger charge is -2.11. The van der Waals surface area contributed by atoms with Crippen LogP contribution in [0, 0.1) is 0 Å². The molecule has 0 heterocycles. The van der Waals surface area contributed by atoms with Gasteiger partial charge in [-0.3, -0.25) is 0 Å². The number of likely N-dealkylation sites (N-methyl/N-ethyl adjacent to an activating group) is 1. The maximum Gasteiger partial charge on any atom is 0.488 e. The lowest BCUT2D eigenvalue weighted by Crippen LogP contribution is -2.32. The van der Waals surface area contributed by atoms with Gasteiger partial charge >= 0.3 is 14.7 Å². The highest BCUT2D eigenvalue weighted by atomic mass is 19.1. The molecule has 3 nitrogen and oxygen atoms in total. The number of benzene rings is 1. The first-order valence-electron chi connectivity index (χ1n) is 4.85. The van der Waals surface area contributed by atoms with E-state index in [4.69, 9.17) is 10.0 Å². The highest BCUT2D eigenvalue weighted by Gasteiger charge is 2.12. The van der Waals surface area contributed by atoms with E-state index in [1.165, 1.54) is 0 Å². The van der Waals surface area contributed by atoms with Crippen molar-refractivity contribution in [2.24, 2.45) is 0 Å². The zero-order chi connectivity index (χ0) is 11.3. The Morgan fingerprint density at radius 1 is 1.40 bits per heavy atom. The van der Waals surface area contributed by atoms with Crippen LogP contribution in [-0.4, -0.2) is 37.7 Å². The maximum absolute atomic E-state index is 12.4. The van der Waals surface area contributed by atoms with Crippen LogP contribution in [0.15, 0.2) is 24.3 Å². The minimum absolute atomic E-state index is 0.185. The molecule has 0 bridgehead atoms. The Bertz CT molecular complexity index is 291. The van der Waals surface area contributed by atoms with Gasteiger partial charge in [0.15, 0.2) is 0 Å². The average molecular weight is 209 g/mol. The van der Waals surface area contributed by atoms with Crippen molar-refractivity contribution >= 4 is 20.1 Å². The third kappa shape index (κ3) is 3.66. The zero-order valence-electron chi connectivity index (χ0n) is 8.65. The maximum atomic E-state index is 12.4. The van der Waals surface area contributed by atoms with Gasteiger partial charge in [0.1, 0.15) is 0 Å². The summed E-state index contributed by atoms with van der Waals surface area (Å²) < 4.78 is 12.4. The second-order valence-electron chi connectivity index (χ2n) is 3.46. The summed E-state index contributed by atoms with van der Waals surface area (Å²) in [7, 11) is -0.142. The van der Waals surface area contributed by atoms with Crippen LogP contribution in [0.2, 0.25) is 0 Å². The Hall–Kier alpha value is -0.840. The van der Waals surface area contributed by atoms with E-state index < -0.39 is 14.7 Å². The summed E-state index contributed by atoms with van der Waals surface area (Å²) in [5, 5.41) is 20.6. The van der Waals surface area contributed by atoms with Gasteiger partial charge in [-0.05, 0) is 24.5 Å². The first-order valence-corrected chi connectivity index (χ1v) is 4.85. The molecule has 0 aliphatic heterocycles. The summed E-state index contributed by atoms with van der Waals surface area (Å²) >= 11 is 0. The van der Waals surface area contributed by atoms with Crippen molar-refractivity contribution in [3.8, 4) is 0 Å². The molecule has 1 aromatic carbocycles. The van der Waals surface area contributed by atoms with Crippen LogP contribution in [0.1, 0.15) is 5.56 Å². The molecule has 80 valence electrons. The van der Waals surface area contributed by atoms with Crippen LogP contribution in [-0.2, 0) is 6.42 Å². The molecule has 1 rings (SSSR count). The topological polar surface area (TPSA) is 52.5 Å². The molecule has 0 fully saturated rings.